The smallest absolute Gasteiger partial charge is 0.759 e. The van der Waals surface area contributed by atoms with Crippen LogP contribution in [0.3, 0.4) is 0 Å². The van der Waals surface area contributed by atoms with Gasteiger partial charge in [0.05, 0.1) is 0 Å². The Kier molecular flexibility index (Phi) is 26.4. The fraction of sp³-hybridized carbons (Fsp3) is 0. The van der Waals surface area contributed by atoms with E-state index in [2.05, 4.69) is 0 Å². The molecule has 0 saturated carbocycles. The van der Waals surface area contributed by atoms with Crippen LogP contribution < -0.4 is 59.1 Å². The maximum Gasteiger partial charge on any atom is 3.00 e. The molecule has 0 fully saturated rings. The zero-order valence-electron chi connectivity index (χ0n) is 4.62. The van der Waals surface area contributed by atoms with Crippen LogP contribution in [0.25, 0.3) is 0 Å². The summed E-state index contributed by atoms with van der Waals surface area (Å²) in [6.07, 6.45) is 0. The van der Waals surface area contributed by atoms with Crippen LogP contribution >= 0.6 is 0 Å². The molecule has 0 aromatic rings. The van der Waals surface area contributed by atoms with Crippen LogP contribution in [0.4, 0.5) is 0 Å². The molecule has 0 unspecified atom stereocenters. The normalized spacial score (nSPS) is 7.25. The van der Waals surface area contributed by atoms with E-state index < -0.39 is 10.4 Å². The molecular formula is AlNa2O4S+3. The molecule has 0 aromatic carbocycles. The van der Waals surface area contributed by atoms with Crippen LogP contribution in [0.2, 0.25) is 0 Å². The maximum atomic E-state index is 8.52. The van der Waals surface area contributed by atoms with Gasteiger partial charge in [-0.05, 0) is 0 Å². The summed E-state index contributed by atoms with van der Waals surface area (Å²) in [6.45, 7) is 0. The van der Waals surface area contributed by atoms with Gasteiger partial charge in [0, 0.05) is 10.4 Å². The minimum absolute atomic E-state index is 0. The van der Waals surface area contributed by atoms with Gasteiger partial charge < -0.3 is 9.11 Å². The van der Waals surface area contributed by atoms with Gasteiger partial charge in [-0.1, -0.05) is 0 Å². The van der Waals surface area contributed by atoms with E-state index in [1.165, 1.54) is 0 Å². The van der Waals surface area contributed by atoms with Gasteiger partial charge in [0.25, 0.3) is 0 Å². The molecule has 0 saturated heterocycles. The van der Waals surface area contributed by atoms with E-state index in [9.17, 15) is 0 Å². The van der Waals surface area contributed by atoms with Crippen molar-refractivity contribution < 1.29 is 76.6 Å². The van der Waals surface area contributed by atoms with Crippen molar-refractivity contribution >= 4 is 27.8 Å². The van der Waals surface area contributed by atoms with Gasteiger partial charge >= 0.3 is 76.5 Å². The standard InChI is InChI=1S/Al.2Na.H2O4S/c;;;1-5(2,3)4/h;;;(H2,1,2,3,4)/q+3;2*+1;/p-2. The van der Waals surface area contributed by atoms with E-state index in [4.69, 9.17) is 17.5 Å². The molecule has 0 aliphatic heterocycles. The van der Waals surface area contributed by atoms with Gasteiger partial charge in [-0.3, -0.25) is 8.42 Å². The topological polar surface area (TPSA) is 80.3 Å². The summed E-state index contributed by atoms with van der Waals surface area (Å²) in [7, 11) is -5.17. The van der Waals surface area contributed by atoms with Gasteiger partial charge in [0.2, 0.25) is 0 Å². The van der Waals surface area contributed by atoms with Crippen molar-refractivity contribution in [1.82, 2.24) is 0 Å². The number of hydrogen-bond acceptors (Lipinski definition) is 4. The molecule has 4 nitrogen and oxygen atoms in total. The molecule has 8 heteroatoms. The third kappa shape index (κ3) is 79.8. The van der Waals surface area contributed by atoms with Crippen LogP contribution in [0.15, 0.2) is 0 Å². The van der Waals surface area contributed by atoms with Crippen molar-refractivity contribution in [2.24, 2.45) is 0 Å². The molecule has 0 amide bonds. The monoisotopic (exact) mass is 169 g/mol. The largest absolute Gasteiger partial charge is 3.00 e. The minimum atomic E-state index is -5.17. The summed E-state index contributed by atoms with van der Waals surface area (Å²) >= 11 is 0. The molecule has 0 aliphatic rings. The average Bonchev–Trinajstić information content (AvgIpc) is 0.722. The quantitative estimate of drug-likeness (QED) is 0.205. The summed E-state index contributed by atoms with van der Waals surface area (Å²) in [5.41, 5.74) is 0. The second-order valence-electron chi connectivity index (χ2n) is 0.408. The molecule has 0 aromatic heterocycles. The molecule has 0 N–H and O–H groups in total. The maximum absolute atomic E-state index is 8.52. The van der Waals surface area contributed by atoms with Crippen LogP contribution in [-0.2, 0) is 10.4 Å². The molecule has 0 atom stereocenters. The van der Waals surface area contributed by atoms with E-state index >= 15 is 0 Å². The third-order valence-electron chi connectivity index (χ3n) is 0. The van der Waals surface area contributed by atoms with Crippen molar-refractivity contribution in [2.75, 3.05) is 0 Å². The Hall–Kier alpha value is 2.40. The predicted octanol–water partition coefficient (Wildman–Crippen LogP) is -7.71. The molecule has 0 spiro atoms. The fourth-order valence-electron chi connectivity index (χ4n) is 0. The summed E-state index contributed by atoms with van der Waals surface area (Å²) in [5, 5.41) is 0. The molecule has 0 bridgehead atoms. The van der Waals surface area contributed by atoms with Gasteiger partial charge in [0.15, 0.2) is 0 Å². The Bertz CT molecular complexity index is 97.2. The summed E-state index contributed by atoms with van der Waals surface area (Å²) in [5.74, 6) is 0. The van der Waals surface area contributed by atoms with Crippen LogP contribution in [0, 0.1) is 0 Å². The van der Waals surface area contributed by atoms with E-state index in [0.717, 1.165) is 0 Å². The van der Waals surface area contributed by atoms with Crippen molar-refractivity contribution in [3.63, 3.8) is 0 Å². The van der Waals surface area contributed by atoms with Gasteiger partial charge in [-0.2, -0.15) is 0 Å². The first-order valence-electron chi connectivity index (χ1n) is 0.667. The molecular weight excluding hydrogens is 169 g/mol. The summed E-state index contributed by atoms with van der Waals surface area (Å²) < 4.78 is 34.1. The number of hydrogen-bond donors (Lipinski definition) is 0. The van der Waals surface area contributed by atoms with Crippen molar-refractivity contribution in [3.05, 3.63) is 0 Å². The zero-order valence-corrected chi connectivity index (χ0v) is 10.6. The van der Waals surface area contributed by atoms with Crippen LogP contribution in [0.5, 0.6) is 0 Å². The SMILES string of the molecule is O=S(=O)([O-])[O-].[Al+3].[Na+].[Na+]. The molecule has 0 heterocycles. The van der Waals surface area contributed by atoms with E-state index in [1.807, 2.05) is 0 Å². The first-order valence-corrected chi connectivity index (χ1v) is 2.00. The Morgan fingerprint density at radius 2 is 1.00 bits per heavy atom. The second-order valence-corrected chi connectivity index (χ2v) is 1.22. The van der Waals surface area contributed by atoms with E-state index in [-0.39, 0.29) is 76.5 Å². The first kappa shape index (κ1) is 22.4. The summed E-state index contributed by atoms with van der Waals surface area (Å²) in [4.78, 5) is 0. The van der Waals surface area contributed by atoms with Gasteiger partial charge in [-0.25, -0.2) is 0 Å². The van der Waals surface area contributed by atoms with Gasteiger partial charge in [-0.15, -0.1) is 0 Å². The molecule has 0 aliphatic carbocycles. The van der Waals surface area contributed by atoms with Crippen molar-refractivity contribution in [1.29, 1.82) is 0 Å². The van der Waals surface area contributed by atoms with Crippen molar-refractivity contribution in [2.45, 2.75) is 0 Å². The molecule has 32 valence electrons. The Morgan fingerprint density at radius 1 is 1.00 bits per heavy atom. The zero-order chi connectivity index (χ0) is 4.50. The van der Waals surface area contributed by atoms with Gasteiger partial charge in [0.1, 0.15) is 0 Å². The first-order chi connectivity index (χ1) is 2.00. The molecule has 0 rings (SSSR count). The second kappa shape index (κ2) is 9.40. The van der Waals surface area contributed by atoms with E-state index in [0.29, 0.717) is 0 Å². The Labute approximate surface area is 103 Å². The van der Waals surface area contributed by atoms with Crippen molar-refractivity contribution in [3.8, 4) is 0 Å². The van der Waals surface area contributed by atoms with E-state index in [1.54, 1.807) is 0 Å². The summed E-state index contributed by atoms with van der Waals surface area (Å²) in [6, 6.07) is 0. The molecule has 0 radical (unpaired) electrons. The molecule has 8 heavy (non-hydrogen) atoms. The minimum Gasteiger partial charge on any atom is -0.759 e. The Balaban J connectivity index is -0.0000000267. The average molecular weight is 169 g/mol. The Morgan fingerprint density at radius 3 is 1.00 bits per heavy atom. The van der Waals surface area contributed by atoms with Crippen LogP contribution in [-0.4, -0.2) is 34.9 Å². The number of rotatable bonds is 0. The third-order valence-corrected chi connectivity index (χ3v) is 0. The predicted molar refractivity (Wildman–Crippen MR) is 16.2 cm³/mol. The van der Waals surface area contributed by atoms with Crippen LogP contribution in [0.1, 0.15) is 0 Å². The fourth-order valence-corrected chi connectivity index (χ4v) is 0.